The first-order valence-electron chi connectivity index (χ1n) is 5.72. The SMILES string of the molecule is CC(C)C(O)CCNC(=O)c1ccc(F)cc1. The molecule has 94 valence electrons. The smallest absolute Gasteiger partial charge is 0.251 e. The van der Waals surface area contributed by atoms with E-state index in [-0.39, 0.29) is 17.6 Å². The maximum atomic E-state index is 12.6. The highest BCUT2D eigenvalue weighted by molar-refractivity contribution is 5.94. The van der Waals surface area contributed by atoms with Crippen LogP contribution >= 0.6 is 0 Å². The molecule has 1 amide bonds. The molecule has 0 fully saturated rings. The first-order valence-corrected chi connectivity index (χ1v) is 5.72. The van der Waals surface area contributed by atoms with Crippen molar-refractivity contribution in [3.05, 3.63) is 35.6 Å². The van der Waals surface area contributed by atoms with Crippen LogP contribution in [0.1, 0.15) is 30.6 Å². The van der Waals surface area contributed by atoms with Crippen LogP contribution in [-0.4, -0.2) is 23.7 Å². The van der Waals surface area contributed by atoms with Gasteiger partial charge in [-0.05, 0) is 36.6 Å². The number of hydrogen-bond donors (Lipinski definition) is 2. The second kappa shape index (κ2) is 6.35. The molecule has 0 aliphatic heterocycles. The minimum absolute atomic E-state index is 0.178. The number of hydrogen-bond acceptors (Lipinski definition) is 2. The molecule has 0 heterocycles. The molecule has 0 radical (unpaired) electrons. The van der Waals surface area contributed by atoms with Crippen LogP contribution in [0.5, 0.6) is 0 Å². The van der Waals surface area contributed by atoms with Gasteiger partial charge in [-0.1, -0.05) is 13.8 Å². The van der Waals surface area contributed by atoms with Crippen LogP contribution in [0.15, 0.2) is 24.3 Å². The van der Waals surface area contributed by atoms with E-state index in [1.165, 1.54) is 24.3 Å². The number of nitrogens with one attached hydrogen (secondary N) is 1. The zero-order valence-corrected chi connectivity index (χ0v) is 10.1. The average molecular weight is 239 g/mol. The molecular weight excluding hydrogens is 221 g/mol. The molecule has 1 rings (SSSR count). The van der Waals surface area contributed by atoms with Crippen LogP contribution in [-0.2, 0) is 0 Å². The van der Waals surface area contributed by atoms with E-state index < -0.39 is 6.10 Å². The Morgan fingerprint density at radius 2 is 1.94 bits per heavy atom. The lowest BCUT2D eigenvalue weighted by Gasteiger charge is -2.14. The Balaban J connectivity index is 2.37. The van der Waals surface area contributed by atoms with E-state index in [9.17, 15) is 14.3 Å². The van der Waals surface area contributed by atoms with Crippen LogP contribution in [0.25, 0.3) is 0 Å². The van der Waals surface area contributed by atoms with Crippen LogP contribution in [0, 0.1) is 11.7 Å². The Bertz CT molecular complexity index is 362. The van der Waals surface area contributed by atoms with Crippen molar-refractivity contribution in [2.24, 2.45) is 5.92 Å². The highest BCUT2D eigenvalue weighted by Crippen LogP contribution is 2.05. The lowest BCUT2D eigenvalue weighted by atomic mass is 10.0. The topological polar surface area (TPSA) is 49.3 Å². The summed E-state index contributed by atoms with van der Waals surface area (Å²) in [6, 6.07) is 5.36. The zero-order valence-electron chi connectivity index (χ0n) is 10.1. The standard InChI is InChI=1S/C13H18FNO2/c1-9(2)12(16)7-8-15-13(17)10-3-5-11(14)6-4-10/h3-6,9,12,16H,7-8H2,1-2H3,(H,15,17). The Hall–Kier alpha value is -1.42. The molecule has 0 saturated heterocycles. The predicted molar refractivity (Wildman–Crippen MR) is 64.2 cm³/mol. The summed E-state index contributed by atoms with van der Waals surface area (Å²) in [7, 11) is 0. The third kappa shape index (κ3) is 4.53. The Labute approximate surface area is 101 Å². The first-order chi connectivity index (χ1) is 8.00. The minimum Gasteiger partial charge on any atom is -0.393 e. The number of aliphatic hydroxyl groups is 1. The number of carbonyl (C=O) groups excluding carboxylic acids is 1. The number of aliphatic hydroxyl groups excluding tert-OH is 1. The molecule has 1 unspecified atom stereocenters. The summed E-state index contributed by atoms with van der Waals surface area (Å²) in [6.45, 7) is 4.26. The molecule has 0 bridgehead atoms. The summed E-state index contributed by atoms with van der Waals surface area (Å²) >= 11 is 0. The molecule has 2 N–H and O–H groups in total. The molecule has 0 aliphatic rings. The summed E-state index contributed by atoms with van der Waals surface area (Å²) in [5.74, 6) is -0.435. The third-order valence-corrected chi connectivity index (χ3v) is 2.60. The second-order valence-corrected chi connectivity index (χ2v) is 4.36. The van der Waals surface area contributed by atoms with Gasteiger partial charge in [0, 0.05) is 12.1 Å². The van der Waals surface area contributed by atoms with Crippen molar-refractivity contribution in [3.63, 3.8) is 0 Å². The highest BCUT2D eigenvalue weighted by Gasteiger charge is 2.10. The van der Waals surface area contributed by atoms with Gasteiger partial charge in [0.15, 0.2) is 0 Å². The average Bonchev–Trinajstić information content (AvgIpc) is 2.29. The molecular formula is C13H18FNO2. The van der Waals surface area contributed by atoms with Crippen LogP contribution in [0.4, 0.5) is 4.39 Å². The normalized spacial score (nSPS) is 12.5. The molecule has 0 saturated carbocycles. The summed E-state index contributed by atoms with van der Waals surface area (Å²) in [6.07, 6.45) is 0.105. The lowest BCUT2D eigenvalue weighted by Crippen LogP contribution is -2.28. The highest BCUT2D eigenvalue weighted by atomic mass is 19.1. The van der Waals surface area contributed by atoms with Crippen molar-refractivity contribution in [2.45, 2.75) is 26.4 Å². The molecule has 17 heavy (non-hydrogen) atoms. The number of carbonyl (C=O) groups is 1. The molecule has 4 heteroatoms. The monoisotopic (exact) mass is 239 g/mol. The summed E-state index contributed by atoms with van der Waals surface area (Å²) in [5, 5.41) is 12.2. The van der Waals surface area contributed by atoms with Gasteiger partial charge in [-0.2, -0.15) is 0 Å². The van der Waals surface area contributed by atoms with E-state index in [4.69, 9.17) is 0 Å². The van der Waals surface area contributed by atoms with Gasteiger partial charge in [-0.15, -0.1) is 0 Å². The van der Waals surface area contributed by atoms with Crippen LogP contribution in [0.2, 0.25) is 0 Å². The molecule has 1 atom stereocenters. The second-order valence-electron chi connectivity index (χ2n) is 4.36. The van der Waals surface area contributed by atoms with Gasteiger partial charge in [0.1, 0.15) is 5.82 Å². The van der Waals surface area contributed by atoms with Gasteiger partial charge < -0.3 is 10.4 Å². The Kier molecular flexibility index (Phi) is 5.10. The molecule has 1 aromatic carbocycles. The van der Waals surface area contributed by atoms with E-state index in [1.54, 1.807) is 0 Å². The van der Waals surface area contributed by atoms with Crippen molar-refractivity contribution >= 4 is 5.91 Å². The number of amides is 1. The lowest BCUT2D eigenvalue weighted by molar-refractivity contribution is 0.0920. The first kappa shape index (κ1) is 13.6. The minimum atomic E-state index is -0.413. The largest absolute Gasteiger partial charge is 0.393 e. The van der Waals surface area contributed by atoms with Crippen molar-refractivity contribution in [3.8, 4) is 0 Å². The molecule has 0 spiro atoms. The maximum Gasteiger partial charge on any atom is 0.251 e. The van der Waals surface area contributed by atoms with Gasteiger partial charge in [0.2, 0.25) is 0 Å². The van der Waals surface area contributed by atoms with Crippen molar-refractivity contribution in [1.82, 2.24) is 5.32 Å². The van der Waals surface area contributed by atoms with E-state index in [0.29, 0.717) is 18.5 Å². The van der Waals surface area contributed by atoms with Crippen molar-refractivity contribution in [2.75, 3.05) is 6.54 Å². The zero-order chi connectivity index (χ0) is 12.8. The predicted octanol–water partition coefficient (Wildman–Crippen LogP) is 1.96. The van der Waals surface area contributed by atoms with Gasteiger partial charge in [-0.25, -0.2) is 4.39 Å². The molecule has 0 aromatic heterocycles. The molecule has 1 aromatic rings. The fraction of sp³-hybridized carbons (Fsp3) is 0.462. The molecule has 0 aliphatic carbocycles. The number of rotatable bonds is 5. The van der Waals surface area contributed by atoms with E-state index in [1.807, 2.05) is 13.8 Å². The maximum absolute atomic E-state index is 12.6. The van der Waals surface area contributed by atoms with Gasteiger partial charge in [0.25, 0.3) is 5.91 Å². The van der Waals surface area contributed by atoms with Gasteiger partial charge in [0.05, 0.1) is 6.10 Å². The summed E-state index contributed by atoms with van der Waals surface area (Å²) in [4.78, 5) is 11.6. The van der Waals surface area contributed by atoms with E-state index in [2.05, 4.69) is 5.32 Å². The Morgan fingerprint density at radius 3 is 2.47 bits per heavy atom. The van der Waals surface area contributed by atoms with Gasteiger partial charge >= 0.3 is 0 Å². The van der Waals surface area contributed by atoms with E-state index >= 15 is 0 Å². The van der Waals surface area contributed by atoms with Crippen LogP contribution < -0.4 is 5.32 Å². The quantitative estimate of drug-likeness (QED) is 0.825. The summed E-state index contributed by atoms with van der Waals surface area (Å²) in [5.41, 5.74) is 0.422. The van der Waals surface area contributed by atoms with Crippen molar-refractivity contribution < 1.29 is 14.3 Å². The third-order valence-electron chi connectivity index (χ3n) is 2.60. The van der Waals surface area contributed by atoms with Crippen LogP contribution in [0.3, 0.4) is 0 Å². The number of halogens is 1. The molecule has 3 nitrogen and oxygen atoms in total. The van der Waals surface area contributed by atoms with E-state index in [0.717, 1.165) is 0 Å². The van der Waals surface area contributed by atoms with Crippen molar-refractivity contribution in [1.29, 1.82) is 0 Å². The fourth-order valence-corrected chi connectivity index (χ4v) is 1.37. The fourth-order valence-electron chi connectivity index (χ4n) is 1.37. The van der Waals surface area contributed by atoms with Gasteiger partial charge in [-0.3, -0.25) is 4.79 Å². The number of benzene rings is 1. The summed E-state index contributed by atoms with van der Waals surface area (Å²) < 4.78 is 12.6. The Morgan fingerprint density at radius 1 is 1.35 bits per heavy atom.